The first-order chi connectivity index (χ1) is 8.36. The van der Waals surface area contributed by atoms with Gasteiger partial charge in [0.2, 0.25) is 0 Å². The van der Waals surface area contributed by atoms with Crippen LogP contribution in [0.3, 0.4) is 0 Å². The van der Waals surface area contributed by atoms with Crippen molar-refractivity contribution in [1.82, 2.24) is 14.8 Å². The van der Waals surface area contributed by atoms with Gasteiger partial charge in [-0.1, -0.05) is 0 Å². The van der Waals surface area contributed by atoms with Gasteiger partial charge in [0, 0.05) is 23.9 Å². The van der Waals surface area contributed by atoms with Crippen molar-refractivity contribution in [3.05, 3.63) is 34.7 Å². The van der Waals surface area contributed by atoms with Crippen LogP contribution in [-0.4, -0.2) is 14.8 Å². The van der Waals surface area contributed by atoms with Crippen LogP contribution in [0.4, 0.5) is 24.7 Å². The Hall–Kier alpha value is -1.57. The third-order valence-corrected chi connectivity index (χ3v) is 2.56. The predicted octanol–water partition coefficient (Wildman–Crippen LogP) is 3.34. The lowest BCUT2D eigenvalue weighted by Crippen LogP contribution is -2.10. The number of aromatic nitrogens is 3. The van der Waals surface area contributed by atoms with Crippen molar-refractivity contribution >= 4 is 27.4 Å². The summed E-state index contributed by atoms with van der Waals surface area (Å²) >= 11 is 2.97. The first-order valence-electron chi connectivity index (χ1n) is 4.84. The van der Waals surface area contributed by atoms with Crippen LogP contribution >= 0.6 is 15.9 Å². The van der Waals surface area contributed by atoms with Gasteiger partial charge in [-0.25, -0.2) is 4.98 Å². The molecule has 0 radical (unpaired) electrons. The van der Waals surface area contributed by atoms with Gasteiger partial charge in [0.05, 0.1) is 17.4 Å². The van der Waals surface area contributed by atoms with Crippen molar-refractivity contribution < 1.29 is 13.2 Å². The Morgan fingerprint density at radius 3 is 2.61 bits per heavy atom. The van der Waals surface area contributed by atoms with Crippen molar-refractivity contribution in [2.45, 2.75) is 6.18 Å². The Balaban J connectivity index is 2.38. The SMILES string of the molecule is Cn1cc(Nc2ncc(Br)cc2C(F)(F)F)cn1. The first kappa shape index (κ1) is 12.9. The molecular weight excluding hydrogens is 313 g/mol. The number of nitrogens with zero attached hydrogens (tertiary/aromatic N) is 3. The molecule has 0 bridgehead atoms. The molecule has 2 aromatic rings. The molecule has 0 aliphatic rings. The molecule has 0 unspecified atom stereocenters. The normalized spacial score (nSPS) is 11.6. The van der Waals surface area contributed by atoms with Crippen LogP contribution < -0.4 is 5.32 Å². The Morgan fingerprint density at radius 1 is 1.33 bits per heavy atom. The van der Waals surface area contributed by atoms with E-state index in [-0.39, 0.29) is 10.3 Å². The fourth-order valence-corrected chi connectivity index (χ4v) is 1.71. The number of pyridine rings is 1. The van der Waals surface area contributed by atoms with Gasteiger partial charge in [0.15, 0.2) is 0 Å². The average molecular weight is 321 g/mol. The van der Waals surface area contributed by atoms with Crippen LogP contribution in [0.1, 0.15) is 5.56 Å². The highest BCUT2D eigenvalue weighted by Crippen LogP contribution is 2.36. The molecule has 18 heavy (non-hydrogen) atoms. The summed E-state index contributed by atoms with van der Waals surface area (Å²) in [6.07, 6.45) is -0.191. The highest BCUT2D eigenvalue weighted by atomic mass is 79.9. The highest BCUT2D eigenvalue weighted by Gasteiger charge is 2.34. The minimum absolute atomic E-state index is 0.251. The third-order valence-electron chi connectivity index (χ3n) is 2.13. The summed E-state index contributed by atoms with van der Waals surface area (Å²) in [5.74, 6) is -0.251. The fourth-order valence-electron chi connectivity index (χ4n) is 1.38. The second-order valence-corrected chi connectivity index (χ2v) is 4.49. The molecule has 0 amide bonds. The van der Waals surface area contributed by atoms with E-state index in [0.717, 1.165) is 6.07 Å². The van der Waals surface area contributed by atoms with Gasteiger partial charge in [-0.05, 0) is 22.0 Å². The van der Waals surface area contributed by atoms with Crippen LogP contribution in [0.2, 0.25) is 0 Å². The molecular formula is C10H8BrF3N4. The number of rotatable bonds is 2. The van der Waals surface area contributed by atoms with Gasteiger partial charge >= 0.3 is 6.18 Å². The van der Waals surface area contributed by atoms with Gasteiger partial charge in [-0.3, -0.25) is 4.68 Å². The molecule has 0 aromatic carbocycles. The molecule has 0 aliphatic carbocycles. The van der Waals surface area contributed by atoms with Crippen LogP contribution in [-0.2, 0) is 13.2 Å². The number of alkyl halides is 3. The molecule has 1 N–H and O–H groups in total. The van der Waals surface area contributed by atoms with Gasteiger partial charge in [0.25, 0.3) is 0 Å². The Kier molecular flexibility index (Phi) is 3.29. The lowest BCUT2D eigenvalue weighted by Gasteiger charge is -2.12. The molecule has 0 saturated heterocycles. The second-order valence-electron chi connectivity index (χ2n) is 3.58. The van der Waals surface area contributed by atoms with Crippen molar-refractivity contribution in [3.8, 4) is 0 Å². The van der Waals surface area contributed by atoms with E-state index in [4.69, 9.17) is 0 Å². The summed E-state index contributed by atoms with van der Waals surface area (Å²) in [5, 5.41) is 6.45. The van der Waals surface area contributed by atoms with Crippen molar-refractivity contribution in [3.63, 3.8) is 0 Å². The molecule has 0 spiro atoms. The summed E-state index contributed by atoms with van der Waals surface area (Å²) in [6.45, 7) is 0. The van der Waals surface area contributed by atoms with Gasteiger partial charge in [0.1, 0.15) is 5.82 Å². The van der Waals surface area contributed by atoms with E-state index in [9.17, 15) is 13.2 Å². The smallest absolute Gasteiger partial charge is 0.337 e. The van der Waals surface area contributed by atoms with E-state index >= 15 is 0 Å². The molecule has 8 heteroatoms. The van der Waals surface area contributed by atoms with Crippen molar-refractivity contribution in [1.29, 1.82) is 0 Å². The summed E-state index contributed by atoms with van der Waals surface area (Å²) in [4.78, 5) is 3.73. The fraction of sp³-hybridized carbons (Fsp3) is 0.200. The molecule has 0 saturated carbocycles. The van der Waals surface area contributed by atoms with Crippen LogP contribution in [0.15, 0.2) is 29.1 Å². The summed E-state index contributed by atoms with van der Waals surface area (Å²) in [6, 6.07) is 0.978. The summed E-state index contributed by atoms with van der Waals surface area (Å²) in [7, 11) is 1.67. The average Bonchev–Trinajstić information content (AvgIpc) is 2.65. The monoisotopic (exact) mass is 320 g/mol. The number of halogens is 4. The number of anilines is 2. The molecule has 0 fully saturated rings. The van der Waals surface area contributed by atoms with E-state index in [1.165, 1.54) is 17.1 Å². The Labute approximate surface area is 109 Å². The quantitative estimate of drug-likeness (QED) is 0.922. The van der Waals surface area contributed by atoms with Gasteiger partial charge in [-0.2, -0.15) is 18.3 Å². The molecule has 2 aromatic heterocycles. The predicted molar refractivity (Wildman–Crippen MR) is 63.4 cm³/mol. The topological polar surface area (TPSA) is 42.7 Å². The van der Waals surface area contributed by atoms with Crippen molar-refractivity contribution in [2.75, 3.05) is 5.32 Å². The Bertz CT molecular complexity index is 564. The zero-order chi connectivity index (χ0) is 13.3. The molecule has 2 rings (SSSR count). The molecule has 96 valence electrons. The van der Waals surface area contributed by atoms with Gasteiger partial charge in [-0.15, -0.1) is 0 Å². The second kappa shape index (κ2) is 4.60. The number of hydrogen-bond donors (Lipinski definition) is 1. The zero-order valence-corrected chi connectivity index (χ0v) is 10.7. The van der Waals surface area contributed by atoms with E-state index in [1.54, 1.807) is 13.2 Å². The Morgan fingerprint density at radius 2 is 2.06 bits per heavy atom. The lowest BCUT2D eigenvalue weighted by atomic mass is 10.2. The van der Waals surface area contributed by atoms with E-state index in [0.29, 0.717) is 5.69 Å². The maximum Gasteiger partial charge on any atom is 0.420 e. The van der Waals surface area contributed by atoms with Gasteiger partial charge < -0.3 is 5.32 Å². The maximum absolute atomic E-state index is 12.8. The van der Waals surface area contributed by atoms with E-state index < -0.39 is 11.7 Å². The number of nitrogens with one attached hydrogen (secondary N) is 1. The summed E-state index contributed by atoms with van der Waals surface area (Å²) < 4.78 is 40.2. The van der Waals surface area contributed by atoms with Crippen molar-refractivity contribution in [2.24, 2.45) is 7.05 Å². The zero-order valence-electron chi connectivity index (χ0n) is 9.16. The molecule has 0 atom stereocenters. The lowest BCUT2D eigenvalue weighted by molar-refractivity contribution is -0.137. The highest BCUT2D eigenvalue weighted by molar-refractivity contribution is 9.10. The number of hydrogen-bond acceptors (Lipinski definition) is 3. The van der Waals surface area contributed by atoms with Crippen LogP contribution in [0.5, 0.6) is 0 Å². The first-order valence-corrected chi connectivity index (χ1v) is 5.64. The van der Waals surface area contributed by atoms with E-state index in [2.05, 4.69) is 31.3 Å². The minimum atomic E-state index is -4.47. The molecule has 2 heterocycles. The van der Waals surface area contributed by atoms with Crippen LogP contribution in [0.25, 0.3) is 0 Å². The molecule has 4 nitrogen and oxygen atoms in total. The van der Waals surface area contributed by atoms with Crippen LogP contribution in [0, 0.1) is 0 Å². The third kappa shape index (κ3) is 2.81. The standard InChI is InChI=1S/C10H8BrF3N4/c1-18-5-7(4-16-18)17-9-8(10(12,13)14)2-6(11)3-15-9/h2-5H,1H3,(H,15,17). The maximum atomic E-state index is 12.8. The van der Waals surface area contributed by atoms with E-state index in [1.807, 2.05) is 0 Å². The number of aryl methyl sites for hydroxylation is 1. The minimum Gasteiger partial charge on any atom is -0.337 e. The molecule has 0 aliphatic heterocycles. The summed E-state index contributed by atoms with van der Waals surface area (Å²) in [5.41, 5.74) is -0.390. The largest absolute Gasteiger partial charge is 0.420 e.